The van der Waals surface area contributed by atoms with E-state index in [1.807, 2.05) is 0 Å². The molecule has 106 valence electrons. The lowest BCUT2D eigenvalue weighted by atomic mass is 10.0. The molecule has 0 radical (unpaired) electrons. The standard InChI is InChI=1S/C12H11ClN2O4S/c1-3-19-12(16)6(2)9-7-4-5-8(13)10(15(17)18)11(7)20-14-9/h4-6H,3H2,1-2H3. The topological polar surface area (TPSA) is 82.3 Å². The van der Waals surface area contributed by atoms with Crippen LogP contribution in [-0.4, -0.2) is 21.9 Å². The summed E-state index contributed by atoms with van der Waals surface area (Å²) in [5, 5.41) is 11.7. The first-order valence-corrected chi connectivity index (χ1v) is 7.01. The van der Waals surface area contributed by atoms with Crippen LogP contribution in [0.1, 0.15) is 25.5 Å². The van der Waals surface area contributed by atoms with Crippen LogP contribution in [0.4, 0.5) is 5.69 Å². The molecule has 0 spiro atoms. The van der Waals surface area contributed by atoms with Gasteiger partial charge in [-0.3, -0.25) is 14.9 Å². The molecule has 2 rings (SSSR count). The summed E-state index contributed by atoms with van der Waals surface area (Å²) in [6, 6.07) is 3.08. The zero-order chi connectivity index (χ0) is 14.9. The van der Waals surface area contributed by atoms with Crippen LogP contribution in [0.2, 0.25) is 5.02 Å². The molecule has 6 nitrogen and oxygen atoms in total. The molecule has 1 unspecified atom stereocenters. The van der Waals surface area contributed by atoms with E-state index in [0.29, 0.717) is 15.8 Å². The van der Waals surface area contributed by atoms with Gasteiger partial charge in [-0.2, -0.15) is 4.37 Å². The van der Waals surface area contributed by atoms with Crippen molar-refractivity contribution >= 4 is 44.9 Å². The van der Waals surface area contributed by atoms with Crippen LogP contribution in [0.15, 0.2) is 12.1 Å². The Morgan fingerprint density at radius 3 is 2.90 bits per heavy atom. The highest BCUT2D eigenvalue weighted by Crippen LogP contribution is 2.39. The first kappa shape index (κ1) is 14.7. The molecule has 0 saturated carbocycles. The van der Waals surface area contributed by atoms with Crippen molar-refractivity contribution in [1.82, 2.24) is 4.37 Å². The lowest BCUT2D eigenvalue weighted by molar-refractivity contribution is -0.382. The van der Waals surface area contributed by atoms with Crippen LogP contribution >= 0.6 is 23.1 Å². The average Bonchev–Trinajstić information content (AvgIpc) is 2.80. The lowest BCUT2D eigenvalue weighted by Gasteiger charge is -2.08. The van der Waals surface area contributed by atoms with Crippen molar-refractivity contribution in [3.8, 4) is 0 Å². The number of hydrogen-bond acceptors (Lipinski definition) is 6. The second kappa shape index (κ2) is 5.72. The third-order valence-corrected chi connectivity index (χ3v) is 4.02. The number of nitrogens with zero attached hydrogens (tertiary/aromatic N) is 2. The fourth-order valence-electron chi connectivity index (χ4n) is 1.85. The van der Waals surface area contributed by atoms with Crippen molar-refractivity contribution < 1.29 is 14.5 Å². The summed E-state index contributed by atoms with van der Waals surface area (Å²) in [4.78, 5) is 22.3. The smallest absolute Gasteiger partial charge is 0.314 e. The van der Waals surface area contributed by atoms with Gasteiger partial charge in [-0.15, -0.1) is 0 Å². The maximum Gasteiger partial charge on any atom is 0.314 e. The van der Waals surface area contributed by atoms with Gasteiger partial charge in [0.05, 0.1) is 23.1 Å². The van der Waals surface area contributed by atoms with E-state index in [2.05, 4.69) is 4.37 Å². The van der Waals surface area contributed by atoms with E-state index in [0.717, 1.165) is 11.5 Å². The van der Waals surface area contributed by atoms with E-state index in [1.165, 1.54) is 6.07 Å². The minimum atomic E-state index is -0.579. The quantitative estimate of drug-likeness (QED) is 0.490. The third-order valence-electron chi connectivity index (χ3n) is 2.83. The Balaban J connectivity index is 2.56. The minimum absolute atomic E-state index is 0.0569. The average molecular weight is 315 g/mol. The zero-order valence-electron chi connectivity index (χ0n) is 10.8. The molecule has 0 aliphatic heterocycles. The van der Waals surface area contributed by atoms with Crippen LogP contribution in [0.3, 0.4) is 0 Å². The van der Waals surface area contributed by atoms with E-state index in [9.17, 15) is 14.9 Å². The number of esters is 1. The number of fused-ring (bicyclic) bond motifs is 1. The van der Waals surface area contributed by atoms with Crippen LogP contribution in [0, 0.1) is 10.1 Å². The molecule has 0 saturated heterocycles. The molecular formula is C12H11ClN2O4S. The number of rotatable bonds is 4. The molecule has 0 aliphatic carbocycles. The third kappa shape index (κ3) is 2.46. The normalized spacial score (nSPS) is 12.3. The van der Waals surface area contributed by atoms with Gasteiger partial charge >= 0.3 is 11.7 Å². The van der Waals surface area contributed by atoms with Gasteiger partial charge in [-0.25, -0.2) is 0 Å². The molecule has 0 fully saturated rings. The Hall–Kier alpha value is -1.73. The summed E-state index contributed by atoms with van der Waals surface area (Å²) in [5.41, 5.74) is 0.298. The predicted octanol–water partition coefficient (Wildman–Crippen LogP) is 3.52. The number of aromatic nitrogens is 1. The zero-order valence-corrected chi connectivity index (χ0v) is 12.3. The van der Waals surface area contributed by atoms with Gasteiger partial charge in [-0.1, -0.05) is 11.6 Å². The second-order valence-corrected chi connectivity index (χ2v) is 5.25. The van der Waals surface area contributed by atoms with E-state index in [-0.39, 0.29) is 17.3 Å². The summed E-state index contributed by atoms with van der Waals surface area (Å²) < 4.78 is 9.47. The van der Waals surface area contributed by atoms with Gasteiger partial charge in [0.1, 0.15) is 9.72 Å². The van der Waals surface area contributed by atoms with E-state index in [1.54, 1.807) is 19.9 Å². The molecule has 1 heterocycles. The molecule has 1 aromatic heterocycles. The Morgan fingerprint density at radius 1 is 1.60 bits per heavy atom. The van der Waals surface area contributed by atoms with E-state index >= 15 is 0 Å². The number of nitro benzene ring substituents is 1. The molecule has 1 atom stereocenters. The van der Waals surface area contributed by atoms with E-state index in [4.69, 9.17) is 16.3 Å². The molecule has 0 amide bonds. The molecule has 0 aliphatic rings. The predicted molar refractivity (Wildman–Crippen MR) is 76.3 cm³/mol. The van der Waals surface area contributed by atoms with Crippen LogP contribution < -0.4 is 0 Å². The summed E-state index contributed by atoms with van der Waals surface area (Å²) in [6.45, 7) is 3.65. The minimum Gasteiger partial charge on any atom is -0.465 e. The highest BCUT2D eigenvalue weighted by Gasteiger charge is 2.26. The van der Waals surface area contributed by atoms with Gasteiger partial charge in [0, 0.05) is 5.39 Å². The van der Waals surface area contributed by atoms with Crippen molar-refractivity contribution in [3.63, 3.8) is 0 Å². The van der Waals surface area contributed by atoms with Gasteiger partial charge in [0.2, 0.25) is 0 Å². The van der Waals surface area contributed by atoms with E-state index < -0.39 is 16.8 Å². The van der Waals surface area contributed by atoms with Gasteiger partial charge in [0.25, 0.3) is 0 Å². The molecule has 8 heteroatoms. The number of carbonyl (C=O) groups excluding carboxylic acids is 1. The monoisotopic (exact) mass is 314 g/mol. The Kier molecular flexibility index (Phi) is 4.20. The van der Waals surface area contributed by atoms with Gasteiger partial charge in [-0.05, 0) is 37.5 Å². The van der Waals surface area contributed by atoms with Crippen molar-refractivity contribution in [3.05, 3.63) is 33.0 Å². The van der Waals surface area contributed by atoms with Crippen molar-refractivity contribution in [2.24, 2.45) is 0 Å². The molecular weight excluding hydrogens is 304 g/mol. The van der Waals surface area contributed by atoms with Crippen molar-refractivity contribution in [1.29, 1.82) is 0 Å². The Bertz CT molecular complexity index is 685. The molecule has 0 bridgehead atoms. The molecule has 20 heavy (non-hydrogen) atoms. The summed E-state index contributed by atoms with van der Waals surface area (Å²) in [7, 11) is 0. The summed E-state index contributed by atoms with van der Waals surface area (Å²) >= 11 is 6.81. The largest absolute Gasteiger partial charge is 0.465 e. The number of hydrogen-bond donors (Lipinski definition) is 0. The number of ether oxygens (including phenoxy) is 1. The number of halogens is 1. The first-order valence-electron chi connectivity index (χ1n) is 5.86. The summed E-state index contributed by atoms with van der Waals surface area (Å²) in [6.07, 6.45) is 0. The highest BCUT2D eigenvalue weighted by molar-refractivity contribution is 7.14. The fraction of sp³-hybridized carbons (Fsp3) is 0.333. The van der Waals surface area contributed by atoms with Crippen LogP contribution in [-0.2, 0) is 9.53 Å². The summed E-state index contributed by atoms with van der Waals surface area (Å²) in [5.74, 6) is -0.984. The Labute approximate surface area is 123 Å². The Morgan fingerprint density at radius 2 is 2.30 bits per heavy atom. The van der Waals surface area contributed by atoms with Gasteiger partial charge in [0.15, 0.2) is 0 Å². The second-order valence-electron chi connectivity index (χ2n) is 4.07. The van der Waals surface area contributed by atoms with Crippen LogP contribution in [0.25, 0.3) is 10.1 Å². The SMILES string of the molecule is CCOC(=O)C(C)c1nsc2c([N+](=O)[O-])c(Cl)ccc12. The fourth-order valence-corrected chi connectivity index (χ4v) is 3.12. The highest BCUT2D eigenvalue weighted by atomic mass is 35.5. The number of benzene rings is 1. The number of nitro groups is 1. The van der Waals surface area contributed by atoms with Crippen molar-refractivity contribution in [2.45, 2.75) is 19.8 Å². The lowest BCUT2D eigenvalue weighted by Crippen LogP contribution is -2.13. The van der Waals surface area contributed by atoms with Crippen molar-refractivity contribution in [2.75, 3.05) is 6.61 Å². The van der Waals surface area contributed by atoms with Gasteiger partial charge < -0.3 is 4.74 Å². The molecule has 0 N–H and O–H groups in total. The maximum absolute atomic E-state index is 11.8. The molecule has 1 aromatic carbocycles. The number of carbonyl (C=O) groups is 1. The van der Waals surface area contributed by atoms with Crippen LogP contribution in [0.5, 0.6) is 0 Å². The first-order chi connectivity index (χ1) is 9.47. The maximum atomic E-state index is 11.8. The molecule has 2 aromatic rings.